The quantitative estimate of drug-likeness (QED) is 0.732. The van der Waals surface area contributed by atoms with Crippen LogP contribution in [-0.2, 0) is 0 Å². The zero-order valence-corrected chi connectivity index (χ0v) is 9.61. The first-order valence-electron chi connectivity index (χ1n) is 5.75. The molecular weight excluding hydrogens is 198 g/mol. The molecule has 2 N–H and O–H groups in total. The molecule has 0 unspecified atom stereocenters. The van der Waals surface area contributed by atoms with E-state index in [4.69, 9.17) is 11.0 Å². The normalized spacial score (nSPS) is 20.5. The molecule has 0 bridgehead atoms. The fraction of sp³-hybridized carbons (Fsp3) is 0.462. The van der Waals surface area contributed by atoms with Crippen LogP contribution in [0.4, 0.5) is 11.4 Å². The molecule has 1 fully saturated rings. The summed E-state index contributed by atoms with van der Waals surface area (Å²) in [5, 5.41) is 9.11. The van der Waals surface area contributed by atoms with Gasteiger partial charge >= 0.3 is 0 Å². The second-order valence-corrected chi connectivity index (χ2v) is 4.58. The summed E-state index contributed by atoms with van der Waals surface area (Å²) in [7, 11) is 0. The lowest BCUT2D eigenvalue weighted by Crippen LogP contribution is -2.34. The van der Waals surface area contributed by atoms with Crippen molar-refractivity contribution in [3.63, 3.8) is 0 Å². The number of benzene rings is 1. The molecule has 0 aliphatic carbocycles. The zero-order chi connectivity index (χ0) is 11.5. The van der Waals surface area contributed by atoms with Crippen LogP contribution in [0.5, 0.6) is 0 Å². The number of rotatable bonds is 1. The fourth-order valence-corrected chi connectivity index (χ4v) is 2.33. The molecule has 1 aromatic rings. The molecule has 1 heterocycles. The summed E-state index contributed by atoms with van der Waals surface area (Å²) in [6.07, 6.45) is 2.49. The van der Waals surface area contributed by atoms with Crippen LogP contribution in [0.1, 0.15) is 25.3 Å². The lowest BCUT2D eigenvalue weighted by molar-refractivity contribution is 0.446. The van der Waals surface area contributed by atoms with Crippen molar-refractivity contribution >= 4 is 11.4 Å². The topological polar surface area (TPSA) is 53.0 Å². The van der Waals surface area contributed by atoms with E-state index < -0.39 is 0 Å². The number of nitrogens with two attached hydrogens (primary N) is 1. The Balaban J connectivity index is 2.29. The van der Waals surface area contributed by atoms with Crippen LogP contribution in [-0.4, -0.2) is 13.1 Å². The average Bonchev–Trinajstić information content (AvgIpc) is 2.28. The number of nitrogens with zero attached hydrogens (tertiary/aromatic N) is 2. The predicted octanol–water partition coefficient (Wildman–Crippen LogP) is 2.38. The third-order valence-electron chi connectivity index (χ3n) is 3.14. The van der Waals surface area contributed by atoms with Gasteiger partial charge in [0, 0.05) is 18.8 Å². The van der Waals surface area contributed by atoms with Crippen molar-refractivity contribution in [1.82, 2.24) is 0 Å². The summed E-state index contributed by atoms with van der Waals surface area (Å²) in [4.78, 5) is 2.30. The molecule has 0 saturated carbocycles. The Hall–Kier alpha value is -1.69. The lowest BCUT2D eigenvalue weighted by atomic mass is 9.99. The molecule has 2 rings (SSSR count). The first kappa shape index (κ1) is 10.8. The van der Waals surface area contributed by atoms with E-state index in [-0.39, 0.29) is 0 Å². The van der Waals surface area contributed by atoms with Crippen molar-refractivity contribution in [1.29, 1.82) is 5.26 Å². The molecule has 0 aromatic heterocycles. The first-order valence-corrected chi connectivity index (χ1v) is 5.75. The van der Waals surface area contributed by atoms with Crippen LogP contribution in [0.15, 0.2) is 18.2 Å². The average molecular weight is 215 g/mol. The predicted molar refractivity (Wildman–Crippen MR) is 66.2 cm³/mol. The highest BCUT2D eigenvalue weighted by atomic mass is 15.1. The van der Waals surface area contributed by atoms with Crippen LogP contribution in [0.3, 0.4) is 0 Å². The summed E-state index contributed by atoms with van der Waals surface area (Å²) in [6, 6.07) is 7.82. The number of hydrogen-bond donors (Lipinski definition) is 1. The van der Waals surface area contributed by atoms with Crippen molar-refractivity contribution in [2.75, 3.05) is 23.7 Å². The molecule has 3 heteroatoms. The Morgan fingerprint density at radius 3 is 3.00 bits per heavy atom. The smallest absolute Gasteiger partial charge is 0.101 e. The van der Waals surface area contributed by atoms with Gasteiger partial charge in [-0.15, -0.1) is 0 Å². The van der Waals surface area contributed by atoms with E-state index in [0.717, 1.165) is 18.8 Å². The van der Waals surface area contributed by atoms with Gasteiger partial charge in [0.1, 0.15) is 6.07 Å². The number of anilines is 2. The number of nitrogen functional groups attached to an aromatic ring is 1. The van der Waals surface area contributed by atoms with E-state index in [9.17, 15) is 0 Å². The largest absolute Gasteiger partial charge is 0.399 e. The Kier molecular flexibility index (Phi) is 3.00. The van der Waals surface area contributed by atoms with Crippen LogP contribution in [0, 0.1) is 17.2 Å². The van der Waals surface area contributed by atoms with Gasteiger partial charge in [-0.25, -0.2) is 0 Å². The third-order valence-corrected chi connectivity index (χ3v) is 3.14. The standard InChI is InChI=1S/C13H17N3/c1-10-3-2-6-16(9-10)13-5-4-12(15)7-11(13)8-14/h4-5,7,10H,2-3,6,9,15H2,1H3/t10-/m1/s1. The molecule has 1 aliphatic heterocycles. The minimum Gasteiger partial charge on any atom is -0.399 e. The monoisotopic (exact) mass is 215 g/mol. The van der Waals surface area contributed by atoms with Crippen molar-refractivity contribution in [3.8, 4) is 6.07 Å². The molecule has 0 spiro atoms. The minimum atomic E-state index is 0.658. The second kappa shape index (κ2) is 4.44. The molecular formula is C13H17N3. The van der Waals surface area contributed by atoms with E-state index in [1.165, 1.54) is 12.8 Å². The van der Waals surface area contributed by atoms with E-state index in [2.05, 4.69) is 17.9 Å². The first-order chi connectivity index (χ1) is 7.70. The highest BCUT2D eigenvalue weighted by Crippen LogP contribution is 2.27. The van der Waals surface area contributed by atoms with Crippen molar-refractivity contribution < 1.29 is 0 Å². The Morgan fingerprint density at radius 1 is 1.50 bits per heavy atom. The van der Waals surface area contributed by atoms with Crippen molar-refractivity contribution in [2.45, 2.75) is 19.8 Å². The Bertz CT molecular complexity index is 420. The van der Waals surface area contributed by atoms with Gasteiger partial charge in [0.25, 0.3) is 0 Å². The fourth-order valence-electron chi connectivity index (χ4n) is 2.33. The molecule has 3 nitrogen and oxygen atoms in total. The van der Waals surface area contributed by atoms with Gasteiger partial charge < -0.3 is 10.6 Å². The van der Waals surface area contributed by atoms with Gasteiger partial charge in [-0.05, 0) is 37.0 Å². The van der Waals surface area contributed by atoms with Crippen molar-refractivity contribution in [3.05, 3.63) is 23.8 Å². The summed E-state index contributed by atoms with van der Waals surface area (Å²) >= 11 is 0. The maximum Gasteiger partial charge on any atom is 0.101 e. The molecule has 1 aromatic carbocycles. The van der Waals surface area contributed by atoms with Gasteiger partial charge in [-0.3, -0.25) is 0 Å². The Morgan fingerprint density at radius 2 is 2.31 bits per heavy atom. The van der Waals surface area contributed by atoms with Crippen LogP contribution in [0.2, 0.25) is 0 Å². The van der Waals surface area contributed by atoms with Crippen LogP contribution < -0.4 is 10.6 Å². The molecule has 0 radical (unpaired) electrons. The third kappa shape index (κ3) is 2.11. The second-order valence-electron chi connectivity index (χ2n) is 4.58. The number of nitriles is 1. The van der Waals surface area contributed by atoms with Gasteiger partial charge in [0.05, 0.1) is 11.3 Å². The molecule has 0 amide bonds. The summed E-state index contributed by atoms with van der Waals surface area (Å²) in [6.45, 7) is 4.34. The van der Waals surface area contributed by atoms with Gasteiger partial charge in [0.15, 0.2) is 0 Å². The number of hydrogen-bond acceptors (Lipinski definition) is 3. The van der Waals surface area contributed by atoms with E-state index in [1.807, 2.05) is 12.1 Å². The maximum atomic E-state index is 9.11. The number of piperidine rings is 1. The lowest BCUT2D eigenvalue weighted by Gasteiger charge is -2.33. The van der Waals surface area contributed by atoms with E-state index >= 15 is 0 Å². The molecule has 1 saturated heterocycles. The van der Waals surface area contributed by atoms with E-state index in [1.54, 1.807) is 6.07 Å². The highest BCUT2D eigenvalue weighted by Gasteiger charge is 2.18. The minimum absolute atomic E-state index is 0.658. The van der Waals surface area contributed by atoms with Crippen LogP contribution >= 0.6 is 0 Å². The van der Waals surface area contributed by atoms with Crippen LogP contribution in [0.25, 0.3) is 0 Å². The molecule has 84 valence electrons. The summed E-state index contributed by atoms with van der Waals surface area (Å²) in [5.41, 5.74) is 8.07. The molecule has 1 aliphatic rings. The maximum absolute atomic E-state index is 9.11. The van der Waals surface area contributed by atoms with Gasteiger partial charge in [0.2, 0.25) is 0 Å². The highest BCUT2D eigenvalue weighted by molar-refractivity contribution is 5.64. The van der Waals surface area contributed by atoms with E-state index in [0.29, 0.717) is 17.2 Å². The SMILES string of the molecule is C[C@@H]1CCCN(c2ccc(N)cc2C#N)C1. The zero-order valence-electron chi connectivity index (χ0n) is 9.61. The molecule has 16 heavy (non-hydrogen) atoms. The Labute approximate surface area is 96.5 Å². The summed E-state index contributed by atoms with van der Waals surface area (Å²) < 4.78 is 0. The summed E-state index contributed by atoms with van der Waals surface area (Å²) in [5.74, 6) is 0.706. The van der Waals surface area contributed by atoms with Gasteiger partial charge in [-0.2, -0.15) is 5.26 Å². The van der Waals surface area contributed by atoms with Gasteiger partial charge in [-0.1, -0.05) is 6.92 Å². The van der Waals surface area contributed by atoms with Crippen molar-refractivity contribution in [2.24, 2.45) is 5.92 Å². The molecule has 1 atom stereocenters.